The number of rotatable bonds is 5. The van der Waals surface area contributed by atoms with Gasteiger partial charge in [0.2, 0.25) is 0 Å². The first-order chi connectivity index (χ1) is 5.99. The molecule has 0 saturated heterocycles. The molecule has 0 aliphatic rings. The largest absolute Gasteiger partial charge is 0.469 e. The van der Waals surface area contributed by atoms with Crippen molar-refractivity contribution in [2.45, 2.75) is 25.9 Å². The first-order valence-corrected chi connectivity index (χ1v) is 4.08. The fraction of sp³-hybridized carbons (Fsp3) is 0.778. The van der Waals surface area contributed by atoms with Crippen LogP contribution in [-0.2, 0) is 19.1 Å². The zero-order chi connectivity index (χ0) is 10.5. The van der Waals surface area contributed by atoms with E-state index in [1.165, 1.54) is 14.2 Å². The zero-order valence-electron chi connectivity index (χ0n) is 8.49. The van der Waals surface area contributed by atoms with Crippen LogP contribution >= 0.6 is 0 Å². The van der Waals surface area contributed by atoms with Gasteiger partial charge in [-0.15, -0.1) is 0 Å². The van der Waals surface area contributed by atoms with Gasteiger partial charge >= 0.3 is 5.97 Å². The first-order valence-electron chi connectivity index (χ1n) is 4.08. The second-order valence-corrected chi connectivity index (χ2v) is 3.26. The second kappa shape index (κ2) is 4.97. The number of aldehydes is 1. The van der Waals surface area contributed by atoms with E-state index in [1.807, 2.05) is 0 Å². The summed E-state index contributed by atoms with van der Waals surface area (Å²) in [6.45, 7) is 3.34. The third-order valence-electron chi connectivity index (χ3n) is 2.03. The molecule has 4 heteroatoms. The van der Waals surface area contributed by atoms with Gasteiger partial charge in [-0.3, -0.25) is 4.79 Å². The van der Waals surface area contributed by atoms with E-state index in [1.54, 1.807) is 13.8 Å². The molecule has 0 heterocycles. The fourth-order valence-electron chi connectivity index (χ4n) is 1.07. The Balaban J connectivity index is 4.24. The molecule has 0 aliphatic heterocycles. The minimum Gasteiger partial charge on any atom is -0.469 e. The van der Waals surface area contributed by atoms with Gasteiger partial charge in [-0.2, -0.15) is 0 Å². The van der Waals surface area contributed by atoms with Crippen LogP contribution in [0, 0.1) is 5.92 Å². The molecule has 0 aliphatic carbocycles. The number of methoxy groups -OCH3 is 2. The van der Waals surface area contributed by atoms with Crippen LogP contribution in [0.25, 0.3) is 0 Å². The maximum absolute atomic E-state index is 11.0. The van der Waals surface area contributed by atoms with Gasteiger partial charge in [0.1, 0.15) is 5.60 Å². The van der Waals surface area contributed by atoms with Gasteiger partial charge in [0, 0.05) is 7.11 Å². The molecule has 0 fully saturated rings. The Kier molecular flexibility index (Phi) is 4.62. The minimum absolute atomic E-state index is 0.329. The second-order valence-electron chi connectivity index (χ2n) is 3.26. The highest BCUT2D eigenvalue weighted by atomic mass is 16.5. The van der Waals surface area contributed by atoms with E-state index in [0.717, 1.165) is 0 Å². The Hall–Kier alpha value is -0.900. The molecule has 0 spiro atoms. The number of hydrogen-bond acceptors (Lipinski definition) is 4. The number of hydrogen-bond donors (Lipinski definition) is 0. The summed E-state index contributed by atoms with van der Waals surface area (Å²) in [5.74, 6) is -0.662. The third kappa shape index (κ3) is 3.55. The van der Waals surface area contributed by atoms with E-state index in [9.17, 15) is 9.59 Å². The lowest BCUT2D eigenvalue weighted by molar-refractivity contribution is -0.148. The molecule has 0 amide bonds. The van der Waals surface area contributed by atoms with Crippen molar-refractivity contribution in [3.8, 4) is 0 Å². The third-order valence-corrected chi connectivity index (χ3v) is 2.03. The van der Waals surface area contributed by atoms with Crippen molar-refractivity contribution in [2.75, 3.05) is 14.2 Å². The molecule has 0 rings (SSSR count). The van der Waals surface area contributed by atoms with Crippen LogP contribution < -0.4 is 0 Å². The van der Waals surface area contributed by atoms with Gasteiger partial charge in [-0.25, -0.2) is 0 Å². The molecule has 0 unspecified atom stereocenters. The Morgan fingerprint density at radius 1 is 1.54 bits per heavy atom. The summed E-state index contributed by atoms with van der Waals surface area (Å²) in [7, 11) is 2.77. The number of carbonyl (C=O) groups is 2. The predicted octanol–water partition coefficient (Wildman–Crippen LogP) is 0.790. The Morgan fingerprint density at radius 2 is 2.08 bits per heavy atom. The van der Waals surface area contributed by atoms with Gasteiger partial charge < -0.3 is 14.3 Å². The average molecular weight is 188 g/mol. The topological polar surface area (TPSA) is 52.6 Å². The highest BCUT2D eigenvalue weighted by molar-refractivity contribution is 5.73. The van der Waals surface area contributed by atoms with Gasteiger partial charge in [0.05, 0.1) is 13.0 Å². The van der Waals surface area contributed by atoms with Gasteiger partial charge in [-0.05, 0) is 13.3 Å². The van der Waals surface area contributed by atoms with Crippen LogP contribution in [0.15, 0.2) is 0 Å². The smallest absolute Gasteiger partial charge is 0.308 e. The van der Waals surface area contributed by atoms with E-state index in [2.05, 4.69) is 4.74 Å². The summed E-state index contributed by atoms with van der Waals surface area (Å²) in [5, 5.41) is 0. The molecule has 0 saturated carbocycles. The van der Waals surface area contributed by atoms with Crippen molar-refractivity contribution in [2.24, 2.45) is 5.92 Å². The van der Waals surface area contributed by atoms with Crippen LogP contribution in [0.1, 0.15) is 20.3 Å². The van der Waals surface area contributed by atoms with Gasteiger partial charge in [-0.1, -0.05) is 6.92 Å². The van der Waals surface area contributed by atoms with Crippen molar-refractivity contribution in [1.82, 2.24) is 0 Å². The summed E-state index contributed by atoms with van der Waals surface area (Å²) in [4.78, 5) is 21.7. The zero-order valence-corrected chi connectivity index (χ0v) is 8.49. The van der Waals surface area contributed by atoms with Crippen LogP contribution in [0.4, 0.5) is 0 Å². The molecule has 0 aromatic heterocycles. The van der Waals surface area contributed by atoms with Crippen LogP contribution in [0.5, 0.6) is 0 Å². The quantitative estimate of drug-likeness (QED) is 0.473. The lowest BCUT2D eigenvalue weighted by atomic mass is 9.94. The first kappa shape index (κ1) is 12.1. The van der Waals surface area contributed by atoms with Crippen LogP contribution in [0.2, 0.25) is 0 Å². The normalized spacial score (nSPS) is 17.2. The maximum atomic E-state index is 11.0. The summed E-state index contributed by atoms with van der Waals surface area (Å²) in [5.41, 5.74) is -0.895. The molecular formula is C9H16O4. The number of ether oxygens (including phenoxy) is 2. The van der Waals surface area contributed by atoms with Gasteiger partial charge in [0.15, 0.2) is 6.29 Å². The molecule has 0 aromatic rings. The Bertz CT molecular complexity index is 190. The minimum atomic E-state index is -0.895. The number of esters is 1. The lowest BCUT2D eigenvalue weighted by Crippen LogP contribution is -2.33. The van der Waals surface area contributed by atoms with E-state index in [4.69, 9.17) is 4.74 Å². The van der Waals surface area contributed by atoms with Crippen molar-refractivity contribution in [1.29, 1.82) is 0 Å². The summed E-state index contributed by atoms with van der Waals surface area (Å²) < 4.78 is 9.51. The Labute approximate surface area is 78.2 Å². The molecule has 0 radical (unpaired) electrons. The molecule has 4 nitrogen and oxygen atoms in total. The molecule has 76 valence electrons. The Morgan fingerprint density at radius 3 is 2.38 bits per heavy atom. The molecular weight excluding hydrogens is 172 g/mol. The number of carbonyl (C=O) groups excluding carboxylic acids is 2. The summed E-state index contributed by atoms with van der Waals surface area (Å²) in [6, 6.07) is 0. The van der Waals surface area contributed by atoms with E-state index in [-0.39, 0.29) is 11.9 Å². The molecule has 0 aromatic carbocycles. The molecule has 0 bridgehead atoms. The van der Waals surface area contributed by atoms with Crippen molar-refractivity contribution in [3.05, 3.63) is 0 Å². The van der Waals surface area contributed by atoms with Crippen LogP contribution in [-0.4, -0.2) is 32.1 Å². The van der Waals surface area contributed by atoms with E-state index in [0.29, 0.717) is 12.7 Å². The standard InChI is InChI=1S/C9H16O4/c1-7(8(11)12-3)5-9(2,6-10)13-4/h6-7H,5H2,1-4H3/t7-,9+/m0/s1. The highest BCUT2D eigenvalue weighted by Crippen LogP contribution is 2.18. The van der Waals surface area contributed by atoms with Crippen molar-refractivity contribution in [3.63, 3.8) is 0 Å². The van der Waals surface area contributed by atoms with Crippen molar-refractivity contribution >= 4 is 12.3 Å². The van der Waals surface area contributed by atoms with E-state index < -0.39 is 5.60 Å². The predicted molar refractivity (Wildman–Crippen MR) is 47.3 cm³/mol. The molecule has 2 atom stereocenters. The van der Waals surface area contributed by atoms with E-state index >= 15 is 0 Å². The average Bonchev–Trinajstić information content (AvgIpc) is 2.16. The highest BCUT2D eigenvalue weighted by Gasteiger charge is 2.29. The van der Waals surface area contributed by atoms with Crippen molar-refractivity contribution < 1.29 is 19.1 Å². The maximum Gasteiger partial charge on any atom is 0.308 e. The lowest BCUT2D eigenvalue weighted by Gasteiger charge is -2.23. The molecule has 0 N–H and O–H groups in total. The summed E-state index contributed by atoms with van der Waals surface area (Å²) in [6.07, 6.45) is 1.03. The monoisotopic (exact) mass is 188 g/mol. The molecule has 13 heavy (non-hydrogen) atoms. The fourth-order valence-corrected chi connectivity index (χ4v) is 1.07. The van der Waals surface area contributed by atoms with Gasteiger partial charge in [0.25, 0.3) is 0 Å². The summed E-state index contributed by atoms with van der Waals surface area (Å²) >= 11 is 0. The SMILES string of the molecule is COC(=O)[C@@H](C)C[C@](C)(C=O)OC. The van der Waals surface area contributed by atoms with Crippen LogP contribution in [0.3, 0.4) is 0 Å².